The van der Waals surface area contributed by atoms with Crippen molar-refractivity contribution in [1.82, 2.24) is 20.4 Å². The van der Waals surface area contributed by atoms with Crippen LogP contribution in [0.15, 0.2) is 53.1 Å². The van der Waals surface area contributed by atoms with Gasteiger partial charge in [0.25, 0.3) is 5.91 Å². The highest BCUT2D eigenvalue weighted by Crippen LogP contribution is 2.18. The van der Waals surface area contributed by atoms with Crippen LogP contribution in [0.5, 0.6) is 0 Å². The maximum atomic E-state index is 12.5. The number of carbonyl (C=O) groups is 1. The van der Waals surface area contributed by atoms with Crippen LogP contribution in [0.1, 0.15) is 47.1 Å². The number of piperidine rings is 1. The number of carbonyl (C=O) groups excluding carboxylic acids is 1. The molecule has 2 aromatic carbocycles. The zero-order chi connectivity index (χ0) is 20.9. The zero-order valence-electron chi connectivity index (χ0n) is 17.6. The van der Waals surface area contributed by atoms with Crippen LogP contribution in [0.4, 0.5) is 0 Å². The van der Waals surface area contributed by atoms with E-state index in [0.29, 0.717) is 17.3 Å². The largest absolute Gasteiger partial charge is 0.343 e. The minimum Gasteiger partial charge on any atom is -0.343 e. The summed E-state index contributed by atoms with van der Waals surface area (Å²) in [4.78, 5) is 19.3. The number of nitrogens with zero attached hydrogens (tertiary/aromatic N) is 3. The molecular formula is C24H28N4O2. The molecule has 1 atom stereocenters. The molecule has 0 bridgehead atoms. The van der Waals surface area contributed by atoms with Crippen molar-refractivity contribution in [3.05, 3.63) is 71.1 Å². The van der Waals surface area contributed by atoms with Gasteiger partial charge in [-0.05, 0) is 49.9 Å². The molecule has 1 aromatic heterocycles. The molecule has 1 amide bonds. The second-order valence-corrected chi connectivity index (χ2v) is 8.24. The van der Waals surface area contributed by atoms with Gasteiger partial charge >= 0.3 is 0 Å². The van der Waals surface area contributed by atoms with E-state index in [9.17, 15) is 4.79 Å². The molecule has 6 heteroatoms. The number of aromatic nitrogens is 2. The average molecular weight is 405 g/mol. The molecule has 0 aliphatic carbocycles. The van der Waals surface area contributed by atoms with E-state index in [1.54, 1.807) is 0 Å². The number of amides is 1. The van der Waals surface area contributed by atoms with Crippen molar-refractivity contribution in [3.8, 4) is 11.4 Å². The van der Waals surface area contributed by atoms with Gasteiger partial charge in [0, 0.05) is 24.2 Å². The fourth-order valence-electron chi connectivity index (χ4n) is 3.85. The van der Waals surface area contributed by atoms with E-state index in [4.69, 9.17) is 4.52 Å². The van der Waals surface area contributed by atoms with Crippen molar-refractivity contribution in [1.29, 1.82) is 0 Å². The summed E-state index contributed by atoms with van der Waals surface area (Å²) in [5, 5.41) is 6.85. The fourth-order valence-corrected chi connectivity index (χ4v) is 3.85. The molecule has 0 saturated carbocycles. The lowest BCUT2D eigenvalue weighted by atomic mass is 9.99. The maximum Gasteiger partial charge on any atom is 0.251 e. The minimum absolute atomic E-state index is 0.150. The number of hydrogen-bond donors (Lipinski definition) is 1. The molecule has 1 unspecified atom stereocenters. The summed E-state index contributed by atoms with van der Waals surface area (Å²) in [5.74, 6) is 1.52. The monoisotopic (exact) mass is 404 g/mol. The van der Waals surface area contributed by atoms with Crippen LogP contribution < -0.4 is 5.32 Å². The van der Waals surface area contributed by atoms with Crippen molar-refractivity contribution in [3.63, 3.8) is 0 Å². The van der Waals surface area contributed by atoms with Crippen LogP contribution >= 0.6 is 0 Å². The molecule has 1 fully saturated rings. The molecule has 6 nitrogen and oxygen atoms in total. The minimum atomic E-state index is -0.150. The third kappa shape index (κ3) is 5.13. The Hall–Kier alpha value is -2.99. The summed E-state index contributed by atoms with van der Waals surface area (Å²) in [6, 6.07) is 15.7. The number of likely N-dealkylation sites (tertiary alicyclic amines) is 1. The second kappa shape index (κ2) is 9.22. The average Bonchev–Trinajstić information content (AvgIpc) is 3.22. The second-order valence-electron chi connectivity index (χ2n) is 8.24. The highest BCUT2D eigenvalue weighted by atomic mass is 16.5. The molecule has 1 aliphatic heterocycles. The summed E-state index contributed by atoms with van der Waals surface area (Å²) in [6.45, 7) is 7.79. The van der Waals surface area contributed by atoms with Gasteiger partial charge in [-0.2, -0.15) is 4.98 Å². The van der Waals surface area contributed by atoms with Crippen LogP contribution in [-0.4, -0.2) is 34.0 Å². The third-order valence-corrected chi connectivity index (χ3v) is 5.54. The summed E-state index contributed by atoms with van der Waals surface area (Å²) in [6.07, 6.45) is 2.59. The van der Waals surface area contributed by atoms with E-state index < -0.39 is 0 Å². The van der Waals surface area contributed by atoms with Gasteiger partial charge in [-0.1, -0.05) is 54.0 Å². The van der Waals surface area contributed by atoms with Gasteiger partial charge in [0.2, 0.25) is 11.7 Å². The van der Waals surface area contributed by atoms with Crippen LogP contribution in [0, 0.1) is 12.8 Å². The normalized spacial score (nSPS) is 17.1. The van der Waals surface area contributed by atoms with Gasteiger partial charge in [-0.25, -0.2) is 0 Å². The van der Waals surface area contributed by atoms with Crippen molar-refractivity contribution in [2.24, 2.45) is 5.92 Å². The predicted molar refractivity (Wildman–Crippen MR) is 116 cm³/mol. The van der Waals surface area contributed by atoms with Crippen LogP contribution in [-0.2, 0) is 13.1 Å². The van der Waals surface area contributed by atoms with E-state index in [-0.39, 0.29) is 12.5 Å². The Morgan fingerprint density at radius 2 is 1.93 bits per heavy atom. The maximum absolute atomic E-state index is 12.5. The molecule has 30 heavy (non-hydrogen) atoms. The van der Waals surface area contributed by atoms with Crippen molar-refractivity contribution >= 4 is 5.91 Å². The summed E-state index contributed by atoms with van der Waals surface area (Å²) < 4.78 is 5.27. The first-order valence-corrected chi connectivity index (χ1v) is 10.6. The van der Waals surface area contributed by atoms with Crippen LogP contribution in [0.2, 0.25) is 0 Å². The van der Waals surface area contributed by atoms with Gasteiger partial charge in [0.1, 0.15) is 0 Å². The number of benzene rings is 2. The van der Waals surface area contributed by atoms with Gasteiger partial charge in [-0.3, -0.25) is 9.69 Å². The number of aryl methyl sites for hydroxylation is 1. The lowest BCUT2D eigenvalue weighted by Crippen LogP contribution is -2.33. The first-order valence-electron chi connectivity index (χ1n) is 10.6. The Morgan fingerprint density at radius 3 is 2.67 bits per heavy atom. The number of nitrogens with one attached hydrogen (secondary N) is 1. The SMILES string of the molecule is Cc1ccc(-c2noc(CNC(=O)c3ccc(CN4CCCC(C)C4)cc3)n2)cc1. The Balaban J connectivity index is 1.30. The topological polar surface area (TPSA) is 71.3 Å². The third-order valence-electron chi connectivity index (χ3n) is 5.54. The van der Waals surface area contributed by atoms with Crippen LogP contribution in [0.3, 0.4) is 0 Å². The van der Waals surface area contributed by atoms with E-state index in [1.807, 2.05) is 55.5 Å². The Bertz CT molecular complexity index is 979. The van der Waals surface area contributed by atoms with E-state index in [0.717, 1.165) is 31.1 Å². The number of rotatable bonds is 6. The van der Waals surface area contributed by atoms with Crippen molar-refractivity contribution < 1.29 is 9.32 Å². The van der Waals surface area contributed by atoms with Gasteiger partial charge in [0.15, 0.2) is 0 Å². The van der Waals surface area contributed by atoms with Crippen molar-refractivity contribution in [2.75, 3.05) is 13.1 Å². The molecule has 0 radical (unpaired) electrons. The van der Waals surface area contributed by atoms with E-state index >= 15 is 0 Å². The molecule has 4 rings (SSSR count). The highest BCUT2D eigenvalue weighted by molar-refractivity contribution is 5.94. The van der Waals surface area contributed by atoms with Gasteiger partial charge in [0.05, 0.1) is 6.54 Å². The van der Waals surface area contributed by atoms with E-state index in [2.05, 4.69) is 27.3 Å². The molecule has 156 valence electrons. The lowest BCUT2D eigenvalue weighted by molar-refractivity contribution is 0.0946. The highest BCUT2D eigenvalue weighted by Gasteiger charge is 2.16. The Morgan fingerprint density at radius 1 is 1.17 bits per heavy atom. The molecule has 2 heterocycles. The molecule has 0 spiro atoms. The molecule has 3 aromatic rings. The summed E-state index contributed by atoms with van der Waals surface area (Å²) >= 11 is 0. The Kier molecular flexibility index (Phi) is 6.23. The zero-order valence-corrected chi connectivity index (χ0v) is 17.6. The first kappa shape index (κ1) is 20.3. The Labute approximate surface area is 177 Å². The smallest absolute Gasteiger partial charge is 0.251 e. The molecule has 1 saturated heterocycles. The molecule has 1 aliphatic rings. The summed E-state index contributed by atoms with van der Waals surface area (Å²) in [5.41, 5.74) is 3.93. The first-order chi connectivity index (χ1) is 14.6. The van der Waals surface area contributed by atoms with Crippen molar-refractivity contribution in [2.45, 2.75) is 39.8 Å². The standard InChI is InChI=1S/C24H28N4O2/c1-17-5-9-20(10-6-17)23-26-22(30-27-23)14-25-24(29)21-11-7-19(8-12-21)16-28-13-3-4-18(2)15-28/h5-12,18H,3-4,13-16H2,1-2H3,(H,25,29). The van der Waals surface area contributed by atoms with Crippen LogP contribution in [0.25, 0.3) is 11.4 Å². The van der Waals surface area contributed by atoms with Gasteiger partial charge in [-0.15, -0.1) is 0 Å². The van der Waals surface area contributed by atoms with E-state index in [1.165, 1.54) is 24.0 Å². The quantitative estimate of drug-likeness (QED) is 0.666. The number of hydrogen-bond acceptors (Lipinski definition) is 5. The van der Waals surface area contributed by atoms with Gasteiger partial charge < -0.3 is 9.84 Å². The summed E-state index contributed by atoms with van der Waals surface area (Å²) in [7, 11) is 0. The molecule has 1 N–H and O–H groups in total. The molecular weight excluding hydrogens is 376 g/mol. The fraction of sp³-hybridized carbons (Fsp3) is 0.375. The predicted octanol–water partition coefficient (Wildman–Crippen LogP) is 4.21. The lowest BCUT2D eigenvalue weighted by Gasteiger charge is -2.30.